The Balaban J connectivity index is 3.98. The van der Waals surface area contributed by atoms with Gasteiger partial charge in [0.1, 0.15) is 13.2 Å². The van der Waals surface area contributed by atoms with E-state index in [4.69, 9.17) is 9.05 Å². The number of likely N-dealkylation sites (N-methyl/N-ethyl adjacent to an activating group) is 1. The van der Waals surface area contributed by atoms with Crippen LogP contribution in [0, 0.1) is 0 Å². The van der Waals surface area contributed by atoms with Gasteiger partial charge in [0.15, 0.2) is 0 Å². The summed E-state index contributed by atoms with van der Waals surface area (Å²) in [5.74, 6) is -0.188. The van der Waals surface area contributed by atoms with Gasteiger partial charge in [0.2, 0.25) is 5.91 Å². The van der Waals surface area contributed by atoms with Gasteiger partial charge < -0.3 is 28.8 Å². The molecule has 3 unspecified atom stereocenters. The van der Waals surface area contributed by atoms with Gasteiger partial charge in [-0.05, 0) is 12.8 Å². The standard InChI is InChI=1S/C38H79N2O6P/c1-6-8-10-11-12-13-14-15-16-17-18-19-20-21-22-23-24-25-26-27-28-30-31-37(41)36(39-38(42)32-29-9-7-2)35-46-47(43,44)45-34-33-40(3,4)5/h36-37,41H,6-35H2,1-5H3,(H-,39,42,43,44). The van der Waals surface area contributed by atoms with Crippen molar-refractivity contribution in [2.45, 2.75) is 199 Å². The van der Waals surface area contributed by atoms with E-state index in [9.17, 15) is 19.4 Å². The molecule has 8 nitrogen and oxygen atoms in total. The SMILES string of the molecule is CCCCCCCCCCCCCCCCCCCCCCCCC(O)C(COP(=O)([O-])OCC[N+](C)(C)C)NC(=O)CCCCC. The number of aliphatic hydroxyl groups excluding tert-OH is 1. The molecular formula is C38H79N2O6P. The summed E-state index contributed by atoms with van der Waals surface area (Å²) in [7, 11) is 1.31. The number of unbranched alkanes of at least 4 members (excludes halogenated alkanes) is 23. The molecule has 0 saturated carbocycles. The molecule has 0 bridgehead atoms. The van der Waals surface area contributed by atoms with Gasteiger partial charge in [-0.2, -0.15) is 0 Å². The molecule has 282 valence electrons. The Hall–Kier alpha value is -0.500. The normalized spacial score (nSPS) is 14.6. The third-order valence-electron chi connectivity index (χ3n) is 9.10. The van der Waals surface area contributed by atoms with E-state index >= 15 is 0 Å². The number of nitrogens with one attached hydrogen (secondary N) is 1. The number of hydrogen-bond donors (Lipinski definition) is 2. The fourth-order valence-corrected chi connectivity index (χ4v) is 6.59. The molecule has 1 amide bonds. The minimum Gasteiger partial charge on any atom is -0.756 e. The molecule has 0 rings (SSSR count). The van der Waals surface area contributed by atoms with Crippen molar-refractivity contribution in [1.82, 2.24) is 5.32 Å². The lowest BCUT2D eigenvalue weighted by Crippen LogP contribution is -2.46. The highest BCUT2D eigenvalue weighted by Gasteiger charge is 2.24. The average molecular weight is 691 g/mol. The number of rotatable bonds is 36. The number of nitrogens with zero attached hydrogens (tertiary/aromatic N) is 1. The van der Waals surface area contributed by atoms with E-state index in [-0.39, 0.29) is 19.1 Å². The second kappa shape index (κ2) is 31.5. The number of quaternary nitrogens is 1. The van der Waals surface area contributed by atoms with Gasteiger partial charge in [0.25, 0.3) is 7.82 Å². The highest BCUT2D eigenvalue weighted by molar-refractivity contribution is 7.45. The molecule has 0 saturated heterocycles. The molecule has 47 heavy (non-hydrogen) atoms. The Labute approximate surface area is 291 Å². The Morgan fingerprint density at radius 2 is 1.04 bits per heavy atom. The van der Waals surface area contributed by atoms with Crippen LogP contribution in [0.25, 0.3) is 0 Å². The molecule has 0 aromatic heterocycles. The zero-order chi connectivity index (χ0) is 35.1. The van der Waals surface area contributed by atoms with Gasteiger partial charge >= 0.3 is 0 Å². The zero-order valence-electron chi connectivity index (χ0n) is 31.8. The van der Waals surface area contributed by atoms with Crippen LogP contribution in [-0.2, 0) is 18.4 Å². The molecule has 0 aliphatic rings. The van der Waals surface area contributed by atoms with Gasteiger partial charge in [-0.25, -0.2) is 0 Å². The van der Waals surface area contributed by atoms with E-state index < -0.39 is 20.0 Å². The van der Waals surface area contributed by atoms with Crippen LogP contribution in [0.15, 0.2) is 0 Å². The van der Waals surface area contributed by atoms with E-state index in [1.54, 1.807) is 0 Å². The molecule has 0 fully saturated rings. The lowest BCUT2D eigenvalue weighted by molar-refractivity contribution is -0.870. The first-order chi connectivity index (χ1) is 22.5. The van der Waals surface area contributed by atoms with E-state index in [1.165, 1.54) is 122 Å². The first-order valence-corrected chi connectivity index (χ1v) is 21.3. The summed E-state index contributed by atoms with van der Waals surface area (Å²) in [5.41, 5.74) is 0. The van der Waals surface area contributed by atoms with Crippen molar-refractivity contribution >= 4 is 13.7 Å². The fraction of sp³-hybridized carbons (Fsp3) is 0.974. The Bertz CT molecular complexity index is 748. The Morgan fingerprint density at radius 3 is 1.45 bits per heavy atom. The number of carbonyl (C=O) groups excluding carboxylic acids is 1. The number of amides is 1. The van der Waals surface area contributed by atoms with Crippen molar-refractivity contribution in [3.8, 4) is 0 Å². The molecule has 0 aliphatic heterocycles. The van der Waals surface area contributed by atoms with Crippen LogP contribution in [0.2, 0.25) is 0 Å². The van der Waals surface area contributed by atoms with Gasteiger partial charge in [-0.15, -0.1) is 0 Å². The number of phosphoric ester groups is 1. The maximum atomic E-state index is 12.5. The van der Waals surface area contributed by atoms with Crippen molar-refractivity contribution in [1.29, 1.82) is 0 Å². The fourth-order valence-electron chi connectivity index (χ4n) is 5.86. The summed E-state index contributed by atoms with van der Waals surface area (Å²) in [6, 6.07) is -0.789. The number of hydrogen-bond acceptors (Lipinski definition) is 6. The first-order valence-electron chi connectivity index (χ1n) is 19.9. The van der Waals surface area contributed by atoms with Gasteiger partial charge in [-0.3, -0.25) is 9.36 Å². The van der Waals surface area contributed by atoms with Crippen LogP contribution in [-0.4, -0.2) is 68.5 Å². The van der Waals surface area contributed by atoms with Crippen molar-refractivity contribution in [3.05, 3.63) is 0 Å². The summed E-state index contributed by atoms with van der Waals surface area (Å²) in [5, 5.41) is 13.7. The van der Waals surface area contributed by atoms with E-state index in [2.05, 4.69) is 19.2 Å². The number of aliphatic hydroxyl groups is 1. The topological polar surface area (TPSA) is 108 Å². The molecule has 0 aromatic carbocycles. The highest BCUT2D eigenvalue weighted by atomic mass is 31.2. The minimum atomic E-state index is -4.53. The second-order valence-corrected chi connectivity index (χ2v) is 16.4. The quantitative estimate of drug-likeness (QED) is 0.0385. The summed E-state index contributed by atoms with van der Waals surface area (Å²) in [6.45, 7) is 4.55. The largest absolute Gasteiger partial charge is 0.756 e. The summed E-state index contributed by atoms with van der Waals surface area (Å²) >= 11 is 0. The molecule has 0 aliphatic carbocycles. The van der Waals surface area contributed by atoms with Crippen molar-refractivity contribution in [2.75, 3.05) is 40.9 Å². The van der Waals surface area contributed by atoms with Crippen LogP contribution in [0.1, 0.15) is 187 Å². The van der Waals surface area contributed by atoms with Crippen LogP contribution in [0.4, 0.5) is 0 Å². The van der Waals surface area contributed by atoms with E-state index in [0.29, 0.717) is 23.9 Å². The molecule has 0 heterocycles. The summed E-state index contributed by atoms with van der Waals surface area (Å²) in [4.78, 5) is 24.7. The van der Waals surface area contributed by atoms with Gasteiger partial charge in [0.05, 0.1) is 39.9 Å². The predicted octanol–water partition coefficient (Wildman–Crippen LogP) is 9.61. The molecule has 2 N–H and O–H groups in total. The Kier molecular flexibility index (Phi) is 31.1. The lowest BCUT2D eigenvalue weighted by atomic mass is 10.0. The lowest BCUT2D eigenvalue weighted by Gasteiger charge is -2.30. The van der Waals surface area contributed by atoms with Gasteiger partial charge in [0, 0.05) is 6.42 Å². The van der Waals surface area contributed by atoms with Crippen LogP contribution in [0.5, 0.6) is 0 Å². The minimum absolute atomic E-state index is 0.0142. The van der Waals surface area contributed by atoms with E-state index in [1.807, 2.05) is 21.1 Å². The summed E-state index contributed by atoms with van der Waals surface area (Å²) < 4.78 is 22.9. The van der Waals surface area contributed by atoms with Crippen LogP contribution >= 0.6 is 7.82 Å². The predicted molar refractivity (Wildman–Crippen MR) is 196 cm³/mol. The number of phosphoric acid groups is 1. The smallest absolute Gasteiger partial charge is 0.268 e. The summed E-state index contributed by atoms with van der Waals surface area (Å²) in [6.07, 6.45) is 31.9. The van der Waals surface area contributed by atoms with E-state index in [0.717, 1.165) is 38.5 Å². The van der Waals surface area contributed by atoms with Gasteiger partial charge in [-0.1, -0.05) is 168 Å². The highest BCUT2D eigenvalue weighted by Crippen LogP contribution is 2.38. The van der Waals surface area contributed by atoms with Crippen LogP contribution in [0.3, 0.4) is 0 Å². The van der Waals surface area contributed by atoms with Crippen molar-refractivity contribution in [2.24, 2.45) is 0 Å². The van der Waals surface area contributed by atoms with Crippen molar-refractivity contribution in [3.63, 3.8) is 0 Å². The van der Waals surface area contributed by atoms with Crippen LogP contribution < -0.4 is 10.2 Å². The maximum absolute atomic E-state index is 12.5. The molecule has 3 atom stereocenters. The monoisotopic (exact) mass is 691 g/mol. The molecule has 0 spiro atoms. The second-order valence-electron chi connectivity index (χ2n) is 15.0. The molecule has 0 aromatic rings. The zero-order valence-corrected chi connectivity index (χ0v) is 32.6. The molecule has 9 heteroatoms. The number of carbonyl (C=O) groups is 1. The maximum Gasteiger partial charge on any atom is 0.268 e. The Morgan fingerprint density at radius 1 is 0.660 bits per heavy atom. The average Bonchev–Trinajstić information content (AvgIpc) is 3.01. The first kappa shape index (κ1) is 46.5. The third-order valence-corrected chi connectivity index (χ3v) is 10.1. The van der Waals surface area contributed by atoms with Crippen molar-refractivity contribution < 1.29 is 32.9 Å². The molecular weight excluding hydrogens is 611 g/mol. The third kappa shape index (κ3) is 33.8. The molecule has 0 radical (unpaired) electrons.